The Morgan fingerprint density at radius 1 is 1.17 bits per heavy atom. The third kappa shape index (κ3) is 3.24. The number of anilines is 2. The van der Waals surface area contributed by atoms with Crippen LogP contribution in [-0.4, -0.2) is 5.91 Å². The number of amides is 1. The van der Waals surface area contributed by atoms with Crippen LogP contribution in [0.2, 0.25) is 5.02 Å². The number of nitrogen functional groups attached to an aromatic ring is 1. The maximum absolute atomic E-state index is 12.0. The van der Waals surface area contributed by atoms with Gasteiger partial charge in [0.25, 0.3) is 5.91 Å². The molecular weight excluding hydrogens is 316 g/mol. The number of benzene rings is 2. The zero-order valence-corrected chi connectivity index (χ0v) is 11.6. The highest BCUT2D eigenvalue weighted by atomic mass is 79.9. The highest BCUT2D eigenvalue weighted by Crippen LogP contribution is 2.20. The fraction of sp³-hybridized carbons (Fsp3) is 0. The molecule has 0 radical (unpaired) electrons. The van der Waals surface area contributed by atoms with Gasteiger partial charge in [-0.05, 0) is 42.5 Å². The zero-order valence-electron chi connectivity index (χ0n) is 9.28. The van der Waals surface area contributed by atoms with Gasteiger partial charge in [0.2, 0.25) is 0 Å². The summed E-state index contributed by atoms with van der Waals surface area (Å²) in [7, 11) is 0. The summed E-state index contributed by atoms with van der Waals surface area (Å²) >= 11 is 9.19. The molecule has 0 aliphatic rings. The normalized spacial score (nSPS) is 10.1. The minimum Gasteiger partial charge on any atom is -0.399 e. The molecule has 0 aromatic heterocycles. The fourth-order valence-corrected chi connectivity index (χ4v) is 2.31. The molecule has 2 aromatic carbocycles. The summed E-state index contributed by atoms with van der Waals surface area (Å²) in [6, 6.07) is 12.0. The maximum atomic E-state index is 12.0. The van der Waals surface area contributed by atoms with Gasteiger partial charge in [-0.25, -0.2) is 0 Å². The number of nitrogens with one attached hydrogen (secondary N) is 1. The van der Waals surface area contributed by atoms with Crippen LogP contribution < -0.4 is 11.1 Å². The minimum atomic E-state index is -0.219. The van der Waals surface area contributed by atoms with E-state index in [0.29, 0.717) is 22.0 Å². The number of hydrogen-bond donors (Lipinski definition) is 2. The Hall–Kier alpha value is -1.52. The molecular formula is C13H10BrClN2O. The van der Waals surface area contributed by atoms with Gasteiger partial charge in [-0.1, -0.05) is 27.5 Å². The zero-order chi connectivity index (χ0) is 13.1. The third-order valence-electron chi connectivity index (χ3n) is 2.29. The lowest BCUT2D eigenvalue weighted by Gasteiger charge is -2.06. The van der Waals surface area contributed by atoms with E-state index in [2.05, 4.69) is 21.2 Å². The highest BCUT2D eigenvalue weighted by molar-refractivity contribution is 9.10. The standard InChI is InChI=1S/C13H10BrClN2O/c14-9-5-8(6-10(15)7-9)13(18)17-12-3-1-11(16)2-4-12/h1-7H,16H2,(H,17,18). The van der Waals surface area contributed by atoms with Crippen molar-refractivity contribution in [2.75, 3.05) is 11.1 Å². The third-order valence-corrected chi connectivity index (χ3v) is 2.97. The maximum Gasteiger partial charge on any atom is 0.255 e. The molecule has 0 heterocycles. The molecule has 1 amide bonds. The first-order valence-corrected chi connectivity index (χ1v) is 6.35. The van der Waals surface area contributed by atoms with E-state index in [1.165, 1.54) is 0 Å². The van der Waals surface area contributed by atoms with Gasteiger partial charge >= 0.3 is 0 Å². The lowest BCUT2D eigenvalue weighted by molar-refractivity contribution is 0.102. The molecule has 3 nitrogen and oxygen atoms in total. The Kier molecular flexibility index (Phi) is 3.89. The van der Waals surface area contributed by atoms with Crippen molar-refractivity contribution in [3.63, 3.8) is 0 Å². The average molecular weight is 326 g/mol. The number of halogens is 2. The van der Waals surface area contributed by atoms with Gasteiger partial charge in [-0.3, -0.25) is 4.79 Å². The fourth-order valence-electron chi connectivity index (χ4n) is 1.45. The molecule has 0 unspecified atom stereocenters. The molecule has 0 atom stereocenters. The molecule has 3 N–H and O–H groups in total. The summed E-state index contributed by atoms with van der Waals surface area (Å²) < 4.78 is 0.762. The summed E-state index contributed by atoms with van der Waals surface area (Å²) in [5.74, 6) is -0.219. The number of nitrogens with two attached hydrogens (primary N) is 1. The SMILES string of the molecule is Nc1ccc(NC(=O)c2cc(Cl)cc(Br)c2)cc1. The first-order chi connectivity index (χ1) is 8.54. The molecule has 92 valence electrons. The number of hydrogen-bond acceptors (Lipinski definition) is 2. The number of carbonyl (C=O) groups excluding carboxylic acids is 1. The lowest BCUT2D eigenvalue weighted by Crippen LogP contribution is -2.11. The van der Waals surface area contributed by atoms with Crippen molar-refractivity contribution in [3.8, 4) is 0 Å². The summed E-state index contributed by atoms with van der Waals surface area (Å²) in [5.41, 5.74) is 7.40. The van der Waals surface area contributed by atoms with Gasteiger partial charge in [0.05, 0.1) is 0 Å². The first-order valence-electron chi connectivity index (χ1n) is 5.17. The Bertz CT molecular complexity index is 564. The Balaban J connectivity index is 2.19. The second-order valence-electron chi connectivity index (χ2n) is 3.73. The van der Waals surface area contributed by atoms with E-state index in [4.69, 9.17) is 17.3 Å². The second kappa shape index (κ2) is 5.42. The van der Waals surface area contributed by atoms with Gasteiger partial charge < -0.3 is 11.1 Å². The Labute approximate surface area is 118 Å². The molecule has 18 heavy (non-hydrogen) atoms. The predicted octanol–water partition coefficient (Wildman–Crippen LogP) is 3.94. The molecule has 0 aliphatic heterocycles. The van der Waals surface area contributed by atoms with Crippen LogP contribution >= 0.6 is 27.5 Å². The van der Waals surface area contributed by atoms with Crippen LogP contribution in [-0.2, 0) is 0 Å². The van der Waals surface area contributed by atoms with E-state index in [-0.39, 0.29) is 5.91 Å². The summed E-state index contributed by atoms with van der Waals surface area (Å²) in [5, 5.41) is 3.27. The molecule has 0 fully saturated rings. The largest absolute Gasteiger partial charge is 0.399 e. The summed E-state index contributed by atoms with van der Waals surface area (Å²) in [4.78, 5) is 12.0. The number of rotatable bonds is 2. The van der Waals surface area contributed by atoms with Crippen LogP contribution in [0.25, 0.3) is 0 Å². The molecule has 0 bridgehead atoms. The second-order valence-corrected chi connectivity index (χ2v) is 5.09. The number of carbonyl (C=O) groups is 1. The van der Waals surface area contributed by atoms with E-state index in [0.717, 1.165) is 4.47 Å². The monoisotopic (exact) mass is 324 g/mol. The van der Waals surface area contributed by atoms with Crippen molar-refractivity contribution in [2.45, 2.75) is 0 Å². The van der Waals surface area contributed by atoms with Gasteiger partial charge in [0.1, 0.15) is 0 Å². The molecule has 2 rings (SSSR count). The molecule has 2 aromatic rings. The lowest BCUT2D eigenvalue weighted by atomic mass is 10.2. The topological polar surface area (TPSA) is 55.1 Å². The van der Waals surface area contributed by atoms with Crippen molar-refractivity contribution in [2.24, 2.45) is 0 Å². The van der Waals surface area contributed by atoms with Crippen molar-refractivity contribution < 1.29 is 4.79 Å². The summed E-state index contributed by atoms with van der Waals surface area (Å²) in [6.07, 6.45) is 0. The average Bonchev–Trinajstić information content (AvgIpc) is 2.31. The van der Waals surface area contributed by atoms with E-state index in [9.17, 15) is 4.79 Å². The van der Waals surface area contributed by atoms with Crippen molar-refractivity contribution in [1.29, 1.82) is 0 Å². The van der Waals surface area contributed by atoms with Crippen molar-refractivity contribution >= 4 is 44.8 Å². The van der Waals surface area contributed by atoms with E-state index in [1.807, 2.05) is 0 Å². The predicted molar refractivity (Wildman–Crippen MR) is 78.0 cm³/mol. The highest BCUT2D eigenvalue weighted by Gasteiger charge is 2.08. The van der Waals surface area contributed by atoms with Gasteiger partial charge in [0.15, 0.2) is 0 Å². The van der Waals surface area contributed by atoms with E-state index < -0.39 is 0 Å². The van der Waals surface area contributed by atoms with Crippen LogP contribution in [0.1, 0.15) is 10.4 Å². The quantitative estimate of drug-likeness (QED) is 0.822. The molecule has 5 heteroatoms. The van der Waals surface area contributed by atoms with Gasteiger partial charge in [-0.2, -0.15) is 0 Å². The van der Waals surface area contributed by atoms with Crippen LogP contribution in [0.4, 0.5) is 11.4 Å². The van der Waals surface area contributed by atoms with Gasteiger partial charge in [-0.15, -0.1) is 0 Å². The van der Waals surface area contributed by atoms with Gasteiger partial charge in [0, 0.05) is 26.4 Å². The molecule has 0 saturated heterocycles. The van der Waals surface area contributed by atoms with Crippen molar-refractivity contribution in [3.05, 3.63) is 57.5 Å². The molecule has 0 saturated carbocycles. The van der Waals surface area contributed by atoms with Crippen LogP contribution in [0.15, 0.2) is 46.9 Å². The van der Waals surface area contributed by atoms with Crippen LogP contribution in [0.5, 0.6) is 0 Å². The molecule has 0 spiro atoms. The Morgan fingerprint density at radius 3 is 2.44 bits per heavy atom. The van der Waals surface area contributed by atoms with Crippen molar-refractivity contribution in [1.82, 2.24) is 0 Å². The Morgan fingerprint density at radius 2 is 1.83 bits per heavy atom. The van der Waals surface area contributed by atoms with Crippen LogP contribution in [0, 0.1) is 0 Å². The summed E-state index contributed by atoms with van der Waals surface area (Å²) in [6.45, 7) is 0. The first kappa shape index (κ1) is 12.9. The smallest absolute Gasteiger partial charge is 0.255 e. The van der Waals surface area contributed by atoms with Crippen LogP contribution in [0.3, 0.4) is 0 Å². The van der Waals surface area contributed by atoms with E-state index >= 15 is 0 Å². The minimum absolute atomic E-state index is 0.219. The molecule has 0 aliphatic carbocycles. The van der Waals surface area contributed by atoms with E-state index in [1.54, 1.807) is 42.5 Å².